The van der Waals surface area contributed by atoms with Gasteiger partial charge in [-0.25, -0.2) is 0 Å². The molecule has 0 radical (unpaired) electrons. The Kier molecular flexibility index (Phi) is 6.76. The predicted molar refractivity (Wildman–Crippen MR) is 74.6 cm³/mol. The molecule has 3 N–H and O–H groups in total. The van der Waals surface area contributed by atoms with Crippen LogP contribution in [-0.2, 0) is 0 Å². The van der Waals surface area contributed by atoms with Crippen LogP contribution in [-0.4, -0.2) is 25.2 Å². The maximum atomic E-state index is 12.0. The number of amides is 1. The molecule has 0 aliphatic rings. The van der Waals surface area contributed by atoms with Gasteiger partial charge in [0.15, 0.2) is 0 Å². The average Bonchev–Trinajstić information content (AvgIpc) is 2.43. The van der Waals surface area contributed by atoms with Crippen LogP contribution in [0.2, 0.25) is 0 Å². The lowest BCUT2D eigenvalue weighted by Crippen LogP contribution is -2.25. The monoisotopic (exact) mass is 298 g/mol. The summed E-state index contributed by atoms with van der Waals surface area (Å²) in [4.78, 5) is 12.0. The zero-order valence-electron chi connectivity index (χ0n) is 11.5. The lowest BCUT2D eigenvalue weighted by Gasteiger charge is -2.08. The molecule has 0 saturated heterocycles. The smallest absolute Gasteiger partial charge is 0.352 e. The third-order valence-corrected chi connectivity index (χ3v) is 2.67. The Balaban J connectivity index is 2.49. The summed E-state index contributed by atoms with van der Waals surface area (Å²) in [7, 11) is 0. The second kappa shape index (κ2) is 8.32. The molecule has 6 heteroatoms. The fourth-order valence-corrected chi connectivity index (χ4v) is 1.68. The summed E-state index contributed by atoms with van der Waals surface area (Å²) in [6.45, 7) is 0.390. The molecule has 1 rings (SSSR count). The molecular formula is C15H17F3N2O. The zero-order valence-corrected chi connectivity index (χ0v) is 11.5. The van der Waals surface area contributed by atoms with E-state index in [1.807, 2.05) is 0 Å². The van der Waals surface area contributed by atoms with Crippen LogP contribution in [0.15, 0.2) is 24.3 Å². The topological polar surface area (TPSA) is 55.1 Å². The Morgan fingerprint density at radius 3 is 2.62 bits per heavy atom. The van der Waals surface area contributed by atoms with E-state index in [9.17, 15) is 18.0 Å². The zero-order chi connectivity index (χ0) is 15.7. The van der Waals surface area contributed by atoms with Crippen LogP contribution in [0, 0.1) is 11.8 Å². The number of halogens is 3. The van der Waals surface area contributed by atoms with Crippen LogP contribution < -0.4 is 11.1 Å². The van der Waals surface area contributed by atoms with Crippen molar-refractivity contribution in [3.05, 3.63) is 35.4 Å². The minimum absolute atomic E-state index is 0.00158. The van der Waals surface area contributed by atoms with Crippen molar-refractivity contribution in [1.82, 2.24) is 5.32 Å². The van der Waals surface area contributed by atoms with Crippen molar-refractivity contribution in [2.75, 3.05) is 13.1 Å². The summed E-state index contributed by atoms with van der Waals surface area (Å²) in [6, 6.07) is 6.76. The number of nitrogens with two attached hydrogens (primary N) is 1. The fourth-order valence-electron chi connectivity index (χ4n) is 1.68. The van der Waals surface area contributed by atoms with Crippen molar-refractivity contribution in [3.8, 4) is 11.8 Å². The Hall–Kier alpha value is -2.00. The van der Waals surface area contributed by atoms with E-state index >= 15 is 0 Å². The number of hydrogen-bond acceptors (Lipinski definition) is 2. The van der Waals surface area contributed by atoms with Gasteiger partial charge in [0.25, 0.3) is 5.91 Å². The van der Waals surface area contributed by atoms with E-state index in [-0.39, 0.29) is 31.8 Å². The quantitative estimate of drug-likeness (QED) is 0.648. The molecule has 0 fully saturated rings. The van der Waals surface area contributed by atoms with Gasteiger partial charge in [-0.1, -0.05) is 24.0 Å². The highest BCUT2D eigenvalue weighted by atomic mass is 19.4. The van der Waals surface area contributed by atoms with Gasteiger partial charge in [-0.05, 0) is 25.0 Å². The highest BCUT2D eigenvalue weighted by Crippen LogP contribution is 2.21. The van der Waals surface area contributed by atoms with Gasteiger partial charge in [0, 0.05) is 18.5 Å². The van der Waals surface area contributed by atoms with Gasteiger partial charge in [-0.2, -0.15) is 13.2 Å². The van der Waals surface area contributed by atoms with E-state index in [4.69, 9.17) is 5.73 Å². The second-order valence-electron chi connectivity index (χ2n) is 4.38. The molecule has 0 aliphatic carbocycles. The van der Waals surface area contributed by atoms with Gasteiger partial charge in [0.1, 0.15) is 0 Å². The molecule has 0 saturated carbocycles. The predicted octanol–water partition coefficient (Wildman–Crippen LogP) is 2.46. The third-order valence-electron chi connectivity index (χ3n) is 2.67. The number of hydrogen-bond donors (Lipinski definition) is 2. The SMILES string of the molecule is NCC#Cc1ccccc1C(=O)NCCCCC(F)(F)F. The normalized spacial score (nSPS) is 10.7. The molecule has 0 atom stereocenters. The molecule has 0 aromatic heterocycles. The number of nitrogens with one attached hydrogen (secondary N) is 1. The summed E-state index contributed by atoms with van der Waals surface area (Å²) in [6.07, 6.45) is -4.70. The Labute approximate surface area is 121 Å². The maximum absolute atomic E-state index is 12.0. The Morgan fingerprint density at radius 1 is 1.24 bits per heavy atom. The van der Waals surface area contributed by atoms with Crippen LogP contribution in [0.1, 0.15) is 35.2 Å². The lowest BCUT2D eigenvalue weighted by molar-refractivity contribution is -0.135. The summed E-state index contributed by atoms with van der Waals surface area (Å²) >= 11 is 0. The van der Waals surface area contributed by atoms with E-state index in [0.717, 1.165) is 0 Å². The summed E-state index contributed by atoms with van der Waals surface area (Å²) in [5.41, 5.74) is 6.23. The van der Waals surface area contributed by atoms with E-state index in [1.54, 1.807) is 24.3 Å². The summed E-state index contributed by atoms with van der Waals surface area (Å²) < 4.78 is 35.9. The van der Waals surface area contributed by atoms with Gasteiger partial charge in [-0.3, -0.25) is 4.79 Å². The minimum atomic E-state index is -4.14. The molecule has 1 aromatic rings. The number of carbonyl (C=O) groups excluding carboxylic acids is 1. The first-order valence-corrected chi connectivity index (χ1v) is 6.57. The van der Waals surface area contributed by atoms with Gasteiger partial charge in [0.05, 0.1) is 12.1 Å². The molecule has 21 heavy (non-hydrogen) atoms. The minimum Gasteiger partial charge on any atom is -0.352 e. The van der Waals surface area contributed by atoms with Crippen molar-refractivity contribution in [3.63, 3.8) is 0 Å². The van der Waals surface area contributed by atoms with Crippen LogP contribution >= 0.6 is 0 Å². The van der Waals surface area contributed by atoms with Gasteiger partial charge < -0.3 is 11.1 Å². The molecule has 3 nitrogen and oxygen atoms in total. The molecule has 1 aromatic carbocycles. The standard InChI is InChI=1S/C15H17F3N2O/c16-15(17,18)9-3-4-11-20-14(21)13-8-2-1-6-12(13)7-5-10-19/h1-2,6,8H,3-4,9-11,19H2,(H,20,21). The van der Waals surface area contributed by atoms with E-state index in [0.29, 0.717) is 11.1 Å². The van der Waals surface area contributed by atoms with E-state index in [1.165, 1.54) is 0 Å². The first-order valence-electron chi connectivity index (χ1n) is 6.57. The van der Waals surface area contributed by atoms with Crippen LogP contribution in [0.3, 0.4) is 0 Å². The van der Waals surface area contributed by atoms with Gasteiger partial charge in [0.2, 0.25) is 0 Å². The number of carbonyl (C=O) groups is 1. The Morgan fingerprint density at radius 2 is 1.95 bits per heavy atom. The molecule has 0 aliphatic heterocycles. The molecule has 114 valence electrons. The van der Waals surface area contributed by atoms with Crippen molar-refractivity contribution in [2.24, 2.45) is 5.73 Å². The van der Waals surface area contributed by atoms with E-state index < -0.39 is 12.6 Å². The highest BCUT2D eigenvalue weighted by Gasteiger charge is 2.25. The van der Waals surface area contributed by atoms with Crippen molar-refractivity contribution in [1.29, 1.82) is 0 Å². The molecule has 0 unspecified atom stereocenters. The average molecular weight is 298 g/mol. The van der Waals surface area contributed by atoms with Gasteiger partial charge >= 0.3 is 6.18 Å². The first kappa shape index (κ1) is 17.1. The van der Waals surface area contributed by atoms with Crippen molar-refractivity contribution >= 4 is 5.91 Å². The maximum Gasteiger partial charge on any atom is 0.389 e. The van der Waals surface area contributed by atoms with Crippen LogP contribution in [0.25, 0.3) is 0 Å². The van der Waals surface area contributed by atoms with Crippen LogP contribution in [0.5, 0.6) is 0 Å². The second-order valence-corrected chi connectivity index (χ2v) is 4.38. The Bertz CT molecular complexity index is 530. The summed E-state index contributed by atoms with van der Waals surface area (Å²) in [5, 5.41) is 2.60. The summed E-state index contributed by atoms with van der Waals surface area (Å²) in [5.74, 6) is 5.11. The lowest BCUT2D eigenvalue weighted by atomic mass is 10.1. The van der Waals surface area contributed by atoms with Gasteiger partial charge in [-0.15, -0.1) is 0 Å². The van der Waals surface area contributed by atoms with Crippen LogP contribution in [0.4, 0.5) is 13.2 Å². The fraction of sp³-hybridized carbons (Fsp3) is 0.400. The molecule has 1 amide bonds. The number of unbranched alkanes of at least 4 members (excludes halogenated alkanes) is 1. The molecule has 0 spiro atoms. The number of benzene rings is 1. The largest absolute Gasteiger partial charge is 0.389 e. The number of rotatable bonds is 5. The van der Waals surface area contributed by atoms with Crippen molar-refractivity contribution < 1.29 is 18.0 Å². The van der Waals surface area contributed by atoms with E-state index in [2.05, 4.69) is 17.2 Å². The molecule has 0 heterocycles. The molecular weight excluding hydrogens is 281 g/mol. The number of alkyl halides is 3. The molecule has 0 bridgehead atoms. The first-order chi connectivity index (χ1) is 9.94. The van der Waals surface area contributed by atoms with Crippen molar-refractivity contribution in [2.45, 2.75) is 25.4 Å². The highest BCUT2D eigenvalue weighted by molar-refractivity contribution is 5.96. The third kappa shape index (κ3) is 6.82.